The number of morpholine rings is 1. The molecule has 0 atom stereocenters. The summed E-state index contributed by atoms with van der Waals surface area (Å²) < 4.78 is 75.8. The SMILES string of the molecule is O=C(Oc1c(F)c(F)c(F)c(F)c1F)c1csc(N2CCOCC2)n1. The third-order valence-electron chi connectivity index (χ3n) is 3.35. The summed E-state index contributed by atoms with van der Waals surface area (Å²) in [6.45, 7) is 2.03. The first-order valence-electron chi connectivity index (χ1n) is 6.92. The molecule has 1 aromatic carbocycles. The van der Waals surface area contributed by atoms with Crippen molar-refractivity contribution in [2.24, 2.45) is 0 Å². The van der Waals surface area contributed by atoms with Crippen LogP contribution < -0.4 is 9.64 Å². The quantitative estimate of drug-likeness (QED) is 0.270. The number of anilines is 1. The van der Waals surface area contributed by atoms with Crippen molar-refractivity contribution in [1.82, 2.24) is 4.98 Å². The normalized spacial score (nSPS) is 14.7. The van der Waals surface area contributed by atoms with Crippen LogP contribution in [0.15, 0.2) is 5.38 Å². The third kappa shape index (κ3) is 3.29. The molecule has 25 heavy (non-hydrogen) atoms. The molecule has 1 saturated heterocycles. The Balaban J connectivity index is 1.83. The molecular formula is C14H9F5N2O3S. The van der Waals surface area contributed by atoms with Crippen molar-refractivity contribution in [3.8, 4) is 5.75 Å². The number of carbonyl (C=O) groups is 1. The Bertz CT molecular complexity index is 794. The number of halogens is 5. The Morgan fingerprint density at radius 3 is 2.20 bits per heavy atom. The molecule has 0 bridgehead atoms. The fourth-order valence-corrected chi connectivity index (χ4v) is 2.93. The van der Waals surface area contributed by atoms with Crippen LogP contribution >= 0.6 is 11.3 Å². The van der Waals surface area contributed by atoms with E-state index in [2.05, 4.69) is 9.72 Å². The van der Waals surface area contributed by atoms with Gasteiger partial charge >= 0.3 is 5.97 Å². The summed E-state index contributed by atoms with van der Waals surface area (Å²) in [5.74, 6) is -14.2. The van der Waals surface area contributed by atoms with Gasteiger partial charge in [0.2, 0.25) is 34.8 Å². The van der Waals surface area contributed by atoms with Crippen LogP contribution in [0.2, 0.25) is 0 Å². The van der Waals surface area contributed by atoms with Crippen molar-refractivity contribution in [3.63, 3.8) is 0 Å². The third-order valence-corrected chi connectivity index (χ3v) is 4.25. The summed E-state index contributed by atoms with van der Waals surface area (Å²) in [6.07, 6.45) is 0. The molecule has 0 spiro atoms. The fourth-order valence-electron chi connectivity index (χ4n) is 2.08. The largest absolute Gasteiger partial charge is 0.415 e. The number of nitrogens with zero attached hydrogens (tertiary/aromatic N) is 2. The summed E-state index contributed by atoms with van der Waals surface area (Å²) in [7, 11) is 0. The van der Waals surface area contributed by atoms with Gasteiger partial charge in [-0.15, -0.1) is 11.3 Å². The van der Waals surface area contributed by atoms with Crippen molar-refractivity contribution in [2.45, 2.75) is 0 Å². The smallest absolute Gasteiger partial charge is 0.363 e. The Morgan fingerprint density at radius 1 is 1.04 bits per heavy atom. The number of thiazole rings is 1. The standard InChI is InChI=1S/C14H9F5N2O3S/c15-7-8(16)10(18)12(11(19)9(7)17)24-13(22)6-5-25-14(20-6)21-1-3-23-4-2-21/h5H,1-4H2. The Kier molecular flexibility index (Phi) is 4.86. The second-order valence-electron chi connectivity index (χ2n) is 4.90. The maximum absolute atomic E-state index is 13.5. The van der Waals surface area contributed by atoms with E-state index >= 15 is 0 Å². The molecule has 0 aliphatic carbocycles. The number of esters is 1. The van der Waals surface area contributed by atoms with E-state index in [4.69, 9.17) is 4.74 Å². The van der Waals surface area contributed by atoms with Gasteiger partial charge in [0.05, 0.1) is 13.2 Å². The summed E-state index contributed by atoms with van der Waals surface area (Å²) in [5.41, 5.74) is -0.310. The van der Waals surface area contributed by atoms with Crippen molar-refractivity contribution in [2.75, 3.05) is 31.2 Å². The summed E-state index contributed by atoms with van der Waals surface area (Å²) in [5, 5.41) is 1.71. The number of ether oxygens (including phenoxy) is 2. The van der Waals surface area contributed by atoms with Gasteiger partial charge in [-0.05, 0) is 0 Å². The average Bonchev–Trinajstić information content (AvgIpc) is 3.13. The first-order chi connectivity index (χ1) is 11.9. The van der Waals surface area contributed by atoms with Gasteiger partial charge in [-0.1, -0.05) is 0 Å². The highest BCUT2D eigenvalue weighted by atomic mass is 32.1. The van der Waals surface area contributed by atoms with Crippen molar-refractivity contribution in [3.05, 3.63) is 40.2 Å². The predicted molar refractivity (Wildman–Crippen MR) is 76.3 cm³/mol. The molecule has 5 nitrogen and oxygen atoms in total. The highest BCUT2D eigenvalue weighted by Gasteiger charge is 2.29. The summed E-state index contributed by atoms with van der Waals surface area (Å²) in [6, 6.07) is 0. The van der Waals surface area contributed by atoms with Crippen LogP contribution in [0.5, 0.6) is 5.75 Å². The highest BCUT2D eigenvalue weighted by Crippen LogP contribution is 2.30. The minimum Gasteiger partial charge on any atom is -0.415 e. The lowest BCUT2D eigenvalue weighted by Crippen LogP contribution is -2.36. The Hall–Kier alpha value is -2.27. The molecule has 0 radical (unpaired) electrons. The minimum absolute atomic E-state index is 0.310. The van der Waals surface area contributed by atoms with Crippen LogP contribution in [0, 0.1) is 29.1 Å². The molecule has 11 heteroatoms. The van der Waals surface area contributed by atoms with Crippen LogP contribution in [-0.4, -0.2) is 37.3 Å². The molecule has 1 aliphatic heterocycles. The lowest BCUT2D eigenvalue weighted by Gasteiger charge is -2.25. The van der Waals surface area contributed by atoms with E-state index < -0.39 is 40.8 Å². The van der Waals surface area contributed by atoms with E-state index in [1.54, 1.807) is 0 Å². The maximum Gasteiger partial charge on any atom is 0.363 e. The number of benzene rings is 1. The number of hydrogen-bond acceptors (Lipinski definition) is 6. The molecule has 0 unspecified atom stereocenters. The van der Waals surface area contributed by atoms with Crippen LogP contribution in [0.3, 0.4) is 0 Å². The van der Waals surface area contributed by atoms with E-state index in [-0.39, 0.29) is 5.69 Å². The second-order valence-corrected chi connectivity index (χ2v) is 5.74. The van der Waals surface area contributed by atoms with Gasteiger partial charge in [0.15, 0.2) is 10.8 Å². The lowest BCUT2D eigenvalue weighted by molar-refractivity contribution is 0.0710. The minimum atomic E-state index is -2.34. The molecule has 0 N–H and O–H groups in total. The molecule has 2 heterocycles. The molecule has 3 rings (SSSR count). The molecule has 2 aromatic rings. The van der Waals surface area contributed by atoms with Gasteiger partial charge in [-0.2, -0.15) is 8.78 Å². The van der Waals surface area contributed by atoms with Crippen LogP contribution in [-0.2, 0) is 4.74 Å². The Morgan fingerprint density at radius 2 is 1.60 bits per heavy atom. The highest BCUT2D eigenvalue weighted by molar-refractivity contribution is 7.13. The Labute approximate surface area is 141 Å². The van der Waals surface area contributed by atoms with Gasteiger partial charge in [-0.3, -0.25) is 0 Å². The molecule has 1 aliphatic rings. The lowest BCUT2D eigenvalue weighted by atomic mass is 10.2. The first-order valence-corrected chi connectivity index (χ1v) is 7.80. The topological polar surface area (TPSA) is 51.7 Å². The predicted octanol–water partition coefficient (Wildman–Crippen LogP) is 2.89. The number of carbonyl (C=O) groups excluding carboxylic acids is 1. The second kappa shape index (κ2) is 6.92. The number of rotatable bonds is 3. The molecule has 0 amide bonds. The van der Waals surface area contributed by atoms with E-state index in [0.29, 0.717) is 31.4 Å². The van der Waals surface area contributed by atoms with Crippen molar-refractivity contribution < 1.29 is 36.2 Å². The average molecular weight is 380 g/mol. The van der Waals surface area contributed by atoms with Gasteiger partial charge < -0.3 is 14.4 Å². The van der Waals surface area contributed by atoms with Crippen LogP contribution in [0.4, 0.5) is 27.1 Å². The van der Waals surface area contributed by atoms with Gasteiger partial charge in [0.1, 0.15) is 0 Å². The van der Waals surface area contributed by atoms with Gasteiger partial charge in [0.25, 0.3) is 0 Å². The van der Waals surface area contributed by atoms with Crippen LogP contribution in [0.25, 0.3) is 0 Å². The van der Waals surface area contributed by atoms with E-state index in [9.17, 15) is 26.7 Å². The monoisotopic (exact) mass is 380 g/mol. The number of aromatic nitrogens is 1. The number of hydrogen-bond donors (Lipinski definition) is 0. The van der Waals surface area contributed by atoms with Crippen molar-refractivity contribution >= 4 is 22.4 Å². The van der Waals surface area contributed by atoms with Crippen molar-refractivity contribution in [1.29, 1.82) is 0 Å². The fraction of sp³-hybridized carbons (Fsp3) is 0.286. The van der Waals surface area contributed by atoms with Gasteiger partial charge in [0, 0.05) is 18.5 Å². The molecule has 134 valence electrons. The molecule has 1 fully saturated rings. The zero-order chi connectivity index (χ0) is 18.1. The zero-order valence-electron chi connectivity index (χ0n) is 12.3. The van der Waals surface area contributed by atoms with Crippen LogP contribution in [0.1, 0.15) is 10.5 Å². The molecule has 1 aromatic heterocycles. The van der Waals surface area contributed by atoms with E-state index in [1.807, 2.05) is 4.90 Å². The summed E-state index contributed by atoms with van der Waals surface area (Å²) in [4.78, 5) is 17.7. The first kappa shape index (κ1) is 17.5. The van der Waals surface area contributed by atoms with Gasteiger partial charge in [-0.25, -0.2) is 22.9 Å². The molecule has 0 saturated carbocycles. The van der Waals surface area contributed by atoms with E-state index in [0.717, 1.165) is 11.3 Å². The van der Waals surface area contributed by atoms with E-state index in [1.165, 1.54) is 5.38 Å². The summed E-state index contributed by atoms with van der Waals surface area (Å²) >= 11 is 1.07. The maximum atomic E-state index is 13.5. The molecular weight excluding hydrogens is 371 g/mol. The zero-order valence-corrected chi connectivity index (χ0v) is 13.1.